The molecule has 0 N–H and O–H groups in total. The van der Waals surface area contributed by atoms with E-state index in [1.165, 1.54) is 57.8 Å². The molecule has 0 fully saturated rings. The smallest absolute Gasteiger partial charge is 0.227 e. The van der Waals surface area contributed by atoms with Crippen LogP contribution in [0, 0.1) is 5.95 Å². The fraction of sp³-hybridized carbons (Fsp3) is 0.633. The topological polar surface area (TPSA) is 61.3 Å². The number of pyridine rings is 2. The molecule has 1 aliphatic carbocycles. The summed E-state index contributed by atoms with van der Waals surface area (Å²) in [4.78, 5) is 21.6. The molecule has 0 bridgehead atoms. The van der Waals surface area contributed by atoms with Gasteiger partial charge in [-0.1, -0.05) is 78.1 Å². The molecule has 5 nitrogen and oxygen atoms in total. The van der Waals surface area contributed by atoms with Gasteiger partial charge in [0.1, 0.15) is 5.75 Å². The minimum Gasteiger partial charge on any atom is -0.492 e. The van der Waals surface area contributed by atoms with Crippen LogP contribution in [0.5, 0.6) is 11.6 Å². The van der Waals surface area contributed by atoms with E-state index in [0.29, 0.717) is 43.1 Å². The number of nitrogens with zero attached hydrogens (tertiary/aromatic N) is 2. The molecule has 3 rings (SSSR count). The molecule has 2 aromatic rings. The Morgan fingerprint density at radius 3 is 2.17 bits per heavy atom. The van der Waals surface area contributed by atoms with E-state index in [2.05, 4.69) is 23.8 Å². The van der Waals surface area contributed by atoms with Crippen LogP contribution in [0.15, 0.2) is 24.4 Å². The fourth-order valence-corrected chi connectivity index (χ4v) is 4.77. The van der Waals surface area contributed by atoms with Gasteiger partial charge in [-0.05, 0) is 43.4 Å². The van der Waals surface area contributed by atoms with Crippen molar-refractivity contribution in [3.63, 3.8) is 0 Å². The highest BCUT2D eigenvalue weighted by molar-refractivity contribution is 6.03. The van der Waals surface area contributed by atoms with Crippen LogP contribution in [0.2, 0.25) is 0 Å². The number of hydrogen-bond donors (Lipinski definition) is 0. The lowest BCUT2D eigenvalue weighted by molar-refractivity contribution is 0.0938. The second-order valence-corrected chi connectivity index (χ2v) is 9.89. The number of aryl methyl sites for hydroxylation is 1. The van der Waals surface area contributed by atoms with E-state index in [0.717, 1.165) is 19.3 Å². The van der Waals surface area contributed by atoms with Crippen molar-refractivity contribution in [2.75, 3.05) is 13.2 Å². The van der Waals surface area contributed by atoms with Crippen molar-refractivity contribution in [2.45, 2.75) is 110 Å². The summed E-state index contributed by atoms with van der Waals surface area (Å²) >= 11 is 0. The molecule has 36 heavy (non-hydrogen) atoms. The first-order valence-corrected chi connectivity index (χ1v) is 14.1. The molecule has 1 unspecified atom stereocenters. The van der Waals surface area contributed by atoms with Crippen molar-refractivity contribution in [1.82, 2.24) is 9.97 Å². The van der Waals surface area contributed by atoms with Crippen LogP contribution in [0.3, 0.4) is 0 Å². The minimum atomic E-state index is -0.737. The standard InChI is InChI=1S/C30H43FN2O3/c1-3-5-7-9-11-13-19-35-24-16-18-26(32-22-24)25-17-15-23-21-27(33-30(31)28(23)29(25)34)36-20-14-12-10-8-6-4-2/h16,18,21-22,25H,3-15,17,19-20H2,1-2H3. The number of aromatic nitrogens is 2. The molecule has 1 atom stereocenters. The molecular formula is C30H43FN2O3. The van der Waals surface area contributed by atoms with E-state index in [-0.39, 0.29) is 17.2 Å². The summed E-state index contributed by atoms with van der Waals surface area (Å²) in [5, 5.41) is 0. The molecule has 0 aromatic carbocycles. The van der Waals surface area contributed by atoms with Crippen LogP contribution in [-0.2, 0) is 6.42 Å². The summed E-state index contributed by atoms with van der Waals surface area (Å²) in [5.74, 6) is -0.473. The molecule has 0 aliphatic heterocycles. The van der Waals surface area contributed by atoms with Crippen molar-refractivity contribution < 1.29 is 18.7 Å². The van der Waals surface area contributed by atoms with Gasteiger partial charge in [-0.3, -0.25) is 9.78 Å². The number of ketones is 1. The predicted octanol–water partition coefficient (Wildman–Crippen LogP) is 8.01. The highest BCUT2D eigenvalue weighted by atomic mass is 19.1. The lowest BCUT2D eigenvalue weighted by Crippen LogP contribution is -2.24. The van der Waals surface area contributed by atoms with Gasteiger partial charge >= 0.3 is 0 Å². The molecule has 0 amide bonds. The van der Waals surface area contributed by atoms with Crippen molar-refractivity contribution in [1.29, 1.82) is 0 Å². The number of carbonyl (C=O) groups excluding carboxylic acids is 1. The van der Waals surface area contributed by atoms with E-state index in [1.54, 1.807) is 12.3 Å². The van der Waals surface area contributed by atoms with Gasteiger partial charge in [-0.2, -0.15) is 9.37 Å². The molecular weight excluding hydrogens is 455 g/mol. The monoisotopic (exact) mass is 498 g/mol. The summed E-state index contributed by atoms with van der Waals surface area (Å²) in [6.07, 6.45) is 17.1. The van der Waals surface area contributed by atoms with Gasteiger partial charge in [-0.25, -0.2) is 0 Å². The van der Waals surface area contributed by atoms with Gasteiger partial charge in [-0.15, -0.1) is 0 Å². The Labute approximate surface area is 216 Å². The van der Waals surface area contributed by atoms with E-state index in [4.69, 9.17) is 9.47 Å². The van der Waals surface area contributed by atoms with Crippen LogP contribution in [-0.4, -0.2) is 29.0 Å². The average Bonchev–Trinajstić information content (AvgIpc) is 2.88. The van der Waals surface area contributed by atoms with Gasteiger partial charge in [0.15, 0.2) is 5.78 Å². The number of ether oxygens (including phenoxy) is 2. The summed E-state index contributed by atoms with van der Waals surface area (Å²) in [5.41, 5.74) is 1.42. The lowest BCUT2D eigenvalue weighted by Gasteiger charge is -2.23. The van der Waals surface area contributed by atoms with Crippen LogP contribution < -0.4 is 9.47 Å². The largest absolute Gasteiger partial charge is 0.492 e. The van der Waals surface area contributed by atoms with E-state index >= 15 is 0 Å². The number of rotatable bonds is 17. The molecule has 0 saturated heterocycles. The summed E-state index contributed by atoms with van der Waals surface area (Å²) < 4.78 is 26.4. The predicted molar refractivity (Wildman–Crippen MR) is 142 cm³/mol. The number of fused-ring (bicyclic) bond motifs is 1. The Morgan fingerprint density at radius 2 is 1.53 bits per heavy atom. The van der Waals surface area contributed by atoms with E-state index < -0.39 is 11.9 Å². The molecule has 0 radical (unpaired) electrons. The minimum absolute atomic E-state index is 0.0864. The Bertz CT molecular complexity index is 933. The molecule has 0 saturated carbocycles. The first kappa shape index (κ1) is 28.1. The van der Waals surface area contributed by atoms with E-state index in [9.17, 15) is 9.18 Å². The van der Waals surface area contributed by atoms with Crippen molar-refractivity contribution >= 4 is 5.78 Å². The van der Waals surface area contributed by atoms with Crippen LogP contribution in [0.1, 0.15) is 125 Å². The van der Waals surface area contributed by atoms with Crippen LogP contribution >= 0.6 is 0 Å². The maximum atomic E-state index is 14.9. The number of unbranched alkanes of at least 4 members (excludes halogenated alkanes) is 10. The first-order chi connectivity index (χ1) is 17.6. The van der Waals surface area contributed by atoms with Crippen LogP contribution in [0.4, 0.5) is 4.39 Å². The number of carbonyl (C=O) groups is 1. The van der Waals surface area contributed by atoms with Crippen molar-refractivity contribution in [3.8, 4) is 11.6 Å². The maximum Gasteiger partial charge on any atom is 0.227 e. The third-order valence-corrected chi connectivity index (χ3v) is 6.93. The van der Waals surface area contributed by atoms with Gasteiger partial charge in [0.05, 0.1) is 36.6 Å². The third kappa shape index (κ3) is 8.56. The Morgan fingerprint density at radius 1 is 0.889 bits per heavy atom. The Hall–Kier alpha value is -2.50. The lowest BCUT2D eigenvalue weighted by atomic mass is 9.81. The number of halogens is 1. The molecule has 6 heteroatoms. The van der Waals surface area contributed by atoms with Crippen molar-refractivity contribution in [2.24, 2.45) is 0 Å². The normalized spacial score (nSPS) is 15.1. The molecule has 2 aromatic heterocycles. The third-order valence-electron chi connectivity index (χ3n) is 6.93. The van der Waals surface area contributed by atoms with E-state index in [1.807, 2.05) is 12.1 Å². The van der Waals surface area contributed by atoms with Gasteiger partial charge in [0, 0.05) is 6.07 Å². The second kappa shape index (κ2) is 15.6. The van der Waals surface area contributed by atoms with Gasteiger partial charge in [0.25, 0.3) is 0 Å². The Balaban J connectivity index is 1.49. The maximum absolute atomic E-state index is 14.9. The Kier molecular flexibility index (Phi) is 12.1. The number of Topliss-reactive ketones (excluding diaryl/α,β-unsaturated/α-hetero) is 1. The first-order valence-electron chi connectivity index (χ1n) is 14.1. The summed E-state index contributed by atoms with van der Waals surface area (Å²) in [6.45, 7) is 5.61. The quantitative estimate of drug-likeness (QED) is 0.163. The van der Waals surface area contributed by atoms with Crippen molar-refractivity contribution in [3.05, 3.63) is 47.2 Å². The molecule has 1 aliphatic rings. The van der Waals surface area contributed by atoms with Gasteiger partial charge < -0.3 is 9.47 Å². The molecule has 0 spiro atoms. The second-order valence-electron chi connectivity index (χ2n) is 9.89. The zero-order valence-corrected chi connectivity index (χ0v) is 22.2. The zero-order valence-electron chi connectivity index (χ0n) is 22.2. The van der Waals surface area contributed by atoms with Crippen LogP contribution in [0.25, 0.3) is 0 Å². The van der Waals surface area contributed by atoms with Gasteiger partial charge in [0.2, 0.25) is 11.8 Å². The fourth-order valence-electron chi connectivity index (χ4n) is 4.77. The molecule has 198 valence electrons. The zero-order chi connectivity index (χ0) is 25.6. The highest BCUT2D eigenvalue weighted by Gasteiger charge is 2.33. The highest BCUT2D eigenvalue weighted by Crippen LogP contribution is 2.34. The average molecular weight is 499 g/mol. The summed E-state index contributed by atoms with van der Waals surface area (Å²) in [6, 6.07) is 5.42. The SMILES string of the molecule is CCCCCCCCOc1ccc(C2CCc3cc(OCCCCCCCC)nc(F)c3C2=O)nc1. The number of hydrogen-bond acceptors (Lipinski definition) is 5. The summed E-state index contributed by atoms with van der Waals surface area (Å²) in [7, 11) is 0. The molecule has 2 heterocycles.